The van der Waals surface area contributed by atoms with Crippen LogP contribution in [0, 0.1) is 5.92 Å². The van der Waals surface area contributed by atoms with Crippen LogP contribution < -0.4 is 5.32 Å². The molecule has 0 radical (unpaired) electrons. The fourth-order valence-electron chi connectivity index (χ4n) is 1.22. The zero-order chi connectivity index (χ0) is 8.65. The molecule has 0 aromatic heterocycles. The third-order valence-electron chi connectivity index (χ3n) is 1.95. The van der Waals surface area contributed by atoms with Crippen molar-refractivity contribution in [2.24, 2.45) is 5.92 Å². The largest absolute Gasteiger partial charge is 0.350 e. The second kappa shape index (κ2) is 2.32. The lowest BCUT2D eigenvalue weighted by atomic mass is 9.86. The summed E-state index contributed by atoms with van der Waals surface area (Å²) in [5, 5.41) is 2.78. The van der Waals surface area contributed by atoms with Crippen molar-refractivity contribution in [3.05, 3.63) is 0 Å². The Morgan fingerprint density at radius 2 is 2.00 bits per heavy atom. The minimum atomic E-state index is -0.456. The van der Waals surface area contributed by atoms with Crippen molar-refractivity contribution in [3.8, 4) is 0 Å². The van der Waals surface area contributed by atoms with E-state index in [1.54, 1.807) is 6.92 Å². The van der Waals surface area contributed by atoms with Gasteiger partial charge in [0.15, 0.2) is 0 Å². The molecule has 1 rings (SSSR count). The highest BCUT2D eigenvalue weighted by Crippen LogP contribution is 2.19. The van der Waals surface area contributed by atoms with Gasteiger partial charge in [-0.1, -0.05) is 0 Å². The van der Waals surface area contributed by atoms with E-state index in [4.69, 9.17) is 0 Å². The molecule has 1 fully saturated rings. The van der Waals surface area contributed by atoms with Crippen LogP contribution in [-0.4, -0.2) is 17.2 Å². The first-order chi connectivity index (χ1) is 4.92. The van der Waals surface area contributed by atoms with Crippen LogP contribution in [0.1, 0.15) is 27.2 Å². The number of Topliss-reactive ketones (excluding diaryl/α,β-unsaturated/α-hetero) is 1. The van der Waals surface area contributed by atoms with Gasteiger partial charge in [-0.3, -0.25) is 9.59 Å². The van der Waals surface area contributed by atoms with Gasteiger partial charge < -0.3 is 5.32 Å². The molecule has 1 amide bonds. The maximum absolute atomic E-state index is 11.2. The summed E-state index contributed by atoms with van der Waals surface area (Å²) in [6.45, 7) is 5.36. The van der Waals surface area contributed by atoms with Gasteiger partial charge in [-0.2, -0.15) is 0 Å². The molecule has 0 saturated carbocycles. The van der Waals surface area contributed by atoms with Crippen LogP contribution in [0.15, 0.2) is 0 Å². The Kier molecular flexibility index (Phi) is 1.74. The first-order valence-electron chi connectivity index (χ1n) is 3.77. The molecular formula is C8H13NO2. The number of hydrogen-bond acceptors (Lipinski definition) is 2. The van der Waals surface area contributed by atoms with E-state index >= 15 is 0 Å². The van der Waals surface area contributed by atoms with Crippen molar-refractivity contribution in [3.63, 3.8) is 0 Å². The quantitative estimate of drug-likeness (QED) is 0.517. The van der Waals surface area contributed by atoms with Gasteiger partial charge in [0.1, 0.15) is 5.78 Å². The second-order valence-corrected chi connectivity index (χ2v) is 3.74. The summed E-state index contributed by atoms with van der Waals surface area (Å²) in [4.78, 5) is 22.2. The maximum atomic E-state index is 11.2. The predicted octanol–water partition coefficient (Wildman–Crippen LogP) is 0.490. The number of ketones is 1. The lowest BCUT2D eigenvalue weighted by molar-refractivity contribution is -0.139. The zero-order valence-electron chi connectivity index (χ0n) is 7.10. The molecular weight excluding hydrogens is 142 g/mol. The van der Waals surface area contributed by atoms with E-state index in [9.17, 15) is 9.59 Å². The summed E-state index contributed by atoms with van der Waals surface area (Å²) >= 11 is 0. The summed E-state index contributed by atoms with van der Waals surface area (Å²) in [6.07, 6.45) is 0.444. The molecule has 62 valence electrons. The normalized spacial score (nSPS) is 29.9. The predicted molar refractivity (Wildman–Crippen MR) is 41.0 cm³/mol. The SMILES string of the molecule is CC1C(=O)CC(C)(C)NC1=O. The summed E-state index contributed by atoms with van der Waals surface area (Å²) < 4.78 is 0. The third kappa shape index (κ3) is 1.59. The van der Waals surface area contributed by atoms with E-state index in [1.807, 2.05) is 13.8 Å². The minimum Gasteiger partial charge on any atom is -0.350 e. The Balaban J connectivity index is 2.78. The summed E-state index contributed by atoms with van der Waals surface area (Å²) in [6, 6.07) is 0. The van der Waals surface area contributed by atoms with Crippen LogP contribution in [0.25, 0.3) is 0 Å². The second-order valence-electron chi connectivity index (χ2n) is 3.74. The van der Waals surface area contributed by atoms with E-state index in [1.165, 1.54) is 0 Å². The first-order valence-corrected chi connectivity index (χ1v) is 3.77. The highest BCUT2D eigenvalue weighted by Gasteiger charge is 2.35. The van der Waals surface area contributed by atoms with Crippen LogP contribution in [-0.2, 0) is 9.59 Å². The number of carbonyl (C=O) groups is 2. The fourth-order valence-corrected chi connectivity index (χ4v) is 1.22. The highest BCUT2D eigenvalue weighted by atomic mass is 16.2. The van der Waals surface area contributed by atoms with Gasteiger partial charge in [-0.25, -0.2) is 0 Å². The molecule has 0 aromatic carbocycles. The molecule has 1 saturated heterocycles. The number of piperidine rings is 1. The van der Waals surface area contributed by atoms with Crippen LogP contribution in [0.2, 0.25) is 0 Å². The topological polar surface area (TPSA) is 46.2 Å². The van der Waals surface area contributed by atoms with Gasteiger partial charge in [0, 0.05) is 12.0 Å². The number of hydrogen-bond donors (Lipinski definition) is 1. The lowest BCUT2D eigenvalue weighted by Crippen LogP contribution is -2.54. The van der Waals surface area contributed by atoms with Crippen molar-refractivity contribution in [2.75, 3.05) is 0 Å². The summed E-state index contributed by atoms with van der Waals surface area (Å²) in [7, 11) is 0. The first kappa shape index (κ1) is 8.24. The molecule has 1 atom stereocenters. The fraction of sp³-hybridized carbons (Fsp3) is 0.750. The van der Waals surface area contributed by atoms with E-state index < -0.39 is 5.92 Å². The summed E-state index contributed by atoms with van der Waals surface area (Å²) in [5.74, 6) is -0.562. The molecule has 1 aliphatic heterocycles. The van der Waals surface area contributed by atoms with E-state index in [0.29, 0.717) is 6.42 Å². The number of amides is 1. The standard InChI is InChI=1S/C8H13NO2/c1-5-6(10)4-8(2,3)9-7(5)11/h5H,4H2,1-3H3,(H,9,11). The number of rotatable bonds is 0. The molecule has 0 aromatic rings. The average Bonchev–Trinajstić information content (AvgIpc) is 1.81. The highest BCUT2D eigenvalue weighted by molar-refractivity contribution is 6.04. The van der Waals surface area contributed by atoms with Gasteiger partial charge in [0.05, 0.1) is 5.92 Å². The van der Waals surface area contributed by atoms with Crippen LogP contribution in [0.5, 0.6) is 0 Å². The van der Waals surface area contributed by atoms with E-state index in [0.717, 1.165) is 0 Å². The van der Waals surface area contributed by atoms with Gasteiger partial charge in [0.25, 0.3) is 0 Å². The zero-order valence-corrected chi connectivity index (χ0v) is 7.10. The van der Waals surface area contributed by atoms with Crippen molar-refractivity contribution in [1.29, 1.82) is 0 Å². The maximum Gasteiger partial charge on any atom is 0.230 e. The number of carbonyl (C=O) groups excluding carboxylic acids is 2. The van der Waals surface area contributed by atoms with Gasteiger partial charge >= 0.3 is 0 Å². The van der Waals surface area contributed by atoms with Crippen molar-refractivity contribution >= 4 is 11.7 Å². The molecule has 0 spiro atoms. The molecule has 3 heteroatoms. The Morgan fingerprint density at radius 3 is 2.45 bits per heavy atom. The van der Waals surface area contributed by atoms with Crippen molar-refractivity contribution in [2.45, 2.75) is 32.7 Å². The van der Waals surface area contributed by atoms with Crippen LogP contribution >= 0.6 is 0 Å². The molecule has 1 heterocycles. The van der Waals surface area contributed by atoms with E-state index in [-0.39, 0.29) is 17.2 Å². The minimum absolute atomic E-state index is 0.0405. The van der Waals surface area contributed by atoms with Crippen LogP contribution in [0.3, 0.4) is 0 Å². The lowest BCUT2D eigenvalue weighted by Gasteiger charge is -2.32. The molecule has 0 bridgehead atoms. The Morgan fingerprint density at radius 1 is 1.45 bits per heavy atom. The molecule has 1 aliphatic rings. The Bertz CT molecular complexity index is 188. The molecule has 11 heavy (non-hydrogen) atoms. The van der Waals surface area contributed by atoms with Gasteiger partial charge in [-0.15, -0.1) is 0 Å². The Labute approximate surface area is 66.2 Å². The van der Waals surface area contributed by atoms with Crippen molar-refractivity contribution in [1.82, 2.24) is 5.32 Å². The molecule has 1 unspecified atom stereocenters. The molecule has 3 nitrogen and oxygen atoms in total. The summed E-state index contributed by atoms with van der Waals surface area (Å²) in [5.41, 5.74) is -0.347. The van der Waals surface area contributed by atoms with Gasteiger partial charge in [0.2, 0.25) is 5.91 Å². The number of nitrogens with one attached hydrogen (secondary N) is 1. The third-order valence-corrected chi connectivity index (χ3v) is 1.95. The Hall–Kier alpha value is -0.860. The molecule has 1 N–H and O–H groups in total. The monoisotopic (exact) mass is 155 g/mol. The van der Waals surface area contributed by atoms with E-state index in [2.05, 4.69) is 5.32 Å². The average molecular weight is 155 g/mol. The van der Waals surface area contributed by atoms with Crippen molar-refractivity contribution < 1.29 is 9.59 Å². The van der Waals surface area contributed by atoms with Gasteiger partial charge in [-0.05, 0) is 20.8 Å². The van der Waals surface area contributed by atoms with Crippen LogP contribution in [0.4, 0.5) is 0 Å². The smallest absolute Gasteiger partial charge is 0.230 e. The molecule has 0 aliphatic carbocycles.